The van der Waals surface area contributed by atoms with Crippen molar-refractivity contribution in [3.8, 4) is 0 Å². The molecule has 5 heteroatoms. The molecule has 2 aromatic rings. The van der Waals surface area contributed by atoms with Crippen LogP contribution in [0, 0.1) is 0 Å². The summed E-state index contributed by atoms with van der Waals surface area (Å²) in [5, 5.41) is 18.2. The van der Waals surface area contributed by atoms with Crippen molar-refractivity contribution in [3.05, 3.63) is 41.8 Å². The molecule has 1 atom stereocenters. The van der Waals surface area contributed by atoms with Gasteiger partial charge in [0.15, 0.2) is 0 Å². The Hall–Kier alpha value is -1.33. The summed E-state index contributed by atoms with van der Waals surface area (Å²) in [7, 11) is 0. The fourth-order valence-corrected chi connectivity index (χ4v) is 2.51. The minimum atomic E-state index is -0.739. The Morgan fingerprint density at radius 2 is 1.95 bits per heavy atom. The maximum absolute atomic E-state index is 9.67. The highest BCUT2D eigenvalue weighted by atomic mass is 32.2. The molecule has 1 heterocycles. The van der Waals surface area contributed by atoms with E-state index in [1.807, 2.05) is 18.2 Å². The van der Waals surface area contributed by atoms with E-state index in [4.69, 9.17) is 4.42 Å². The first-order valence-electron chi connectivity index (χ1n) is 6.66. The van der Waals surface area contributed by atoms with Gasteiger partial charge in [-0.25, -0.2) is 0 Å². The van der Waals surface area contributed by atoms with Crippen molar-refractivity contribution in [1.82, 2.24) is 10.2 Å². The van der Waals surface area contributed by atoms with Crippen molar-refractivity contribution in [1.29, 1.82) is 0 Å². The highest BCUT2D eigenvalue weighted by Gasteiger charge is 2.17. The molecule has 0 aliphatic rings. The second kappa shape index (κ2) is 6.41. The van der Waals surface area contributed by atoms with Crippen LogP contribution in [0.5, 0.6) is 0 Å². The van der Waals surface area contributed by atoms with Crippen LogP contribution in [0.1, 0.15) is 38.1 Å². The predicted molar refractivity (Wildman–Crippen MR) is 79.9 cm³/mol. The number of hydrogen-bond acceptors (Lipinski definition) is 5. The lowest BCUT2D eigenvalue weighted by Gasteiger charge is -2.14. The number of hydrogen-bond donors (Lipinski definition) is 1. The molecule has 0 aliphatic heterocycles. The van der Waals surface area contributed by atoms with Crippen LogP contribution in [0.25, 0.3) is 0 Å². The zero-order chi connectivity index (χ0) is 14.6. The average molecular weight is 292 g/mol. The van der Waals surface area contributed by atoms with Crippen LogP contribution in [0.3, 0.4) is 0 Å². The summed E-state index contributed by atoms with van der Waals surface area (Å²) in [4.78, 5) is 0. The number of aliphatic hydroxyl groups is 1. The maximum Gasteiger partial charge on any atom is 0.276 e. The molecule has 108 valence electrons. The lowest BCUT2D eigenvalue weighted by molar-refractivity contribution is 0.106. The topological polar surface area (TPSA) is 59.2 Å². The molecule has 0 aliphatic carbocycles. The van der Waals surface area contributed by atoms with Gasteiger partial charge in [0.1, 0.15) is 0 Å². The average Bonchev–Trinajstić information content (AvgIpc) is 2.84. The summed E-state index contributed by atoms with van der Waals surface area (Å²) >= 11 is 1.38. The zero-order valence-corrected chi connectivity index (χ0v) is 12.9. The molecule has 2 rings (SSSR count). The zero-order valence-electron chi connectivity index (χ0n) is 12.0. The van der Waals surface area contributed by atoms with Crippen LogP contribution >= 0.6 is 11.8 Å². The van der Waals surface area contributed by atoms with E-state index in [-0.39, 0.29) is 0 Å². The Bertz CT molecular complexity index is 534. The third-order valence-corrected chi connectivity index (χ3v) is 4.11. The van der Waals surface area contributed by atoms with Crippen LogP contribution in [0.15, 0.2) is 40.0 Å². The summed E-state index contributed by atoms with van der Waals surface area (Å²) < 4.78 is 5.60. The molecule has 0 spiro atoms. The fraction of sp³-hybridized carbons (Fsp3) is 0.467. The van der Waals surface area contributed by atoms with Gasteiger partial charge in [0.05, 0.1) is 5.60 Å². The molecule has 0 bridgehead atoms. The number of rotatable bonds is 6. The quantitative estimate of drug-likeness (QED) is 0.828. The van der Waals surface area contributed by atoms with Crippen LogP contribution in [-0.4, -0.2) is 26.7 Å². The molecule has 0 saturated heterocycles. The summed E-state index contributed by atoms with van der Waals surface area (Å²) in [6.45, 7) is 5.66. The van der Waals surface area contributed by atoms with Crippen LogP contribution < -0.4 is 0 Å². The molecule has 1 unspecified atom stereocenters. The first kappa shape index (κ1) is 15.1. The van der Waals surface area contributed by atoms with Gasteiger partial charge in [-0.05, 0) is 25.3 Å². The minimum Gasteiger partial charge on any atom is -0.416 e. The van der Waals surface area contributed by atoms with E-state index >= 15 is 0 Å². The van der Waals surface area contributed by atoms with E-state index < -0.39 is 5.60 Å². The maximum atomic E-state index is 9.67. The monoisotopic (exact) mass is 292 g/mol. The van der Waals surface area contributed by atoms with Gasteiger partial charge < -0.3 is 9.52 Å². The lowest BCUT2D eigenvalue weighted by atomic mass is 9.98. The van der Waals surface area contributed by atoms with Gasteiger partial charge in [-0.1, -0.05) is 49.0 Å². The Morgan fingerprint density at radius 3 is 2.60 bits per heavy atom. The lowest BCUT2D eigenvalue weighted by Crippen LogP contribution is -2.21. The molecule has 1 aromatic carbocycles. The Kier molecular flexibility index (Phi) is 4.83. The number of thioether (sulfide) groups is 1. The molecule has 0 radical (unpaired) electrons. The number of benzene rings is 1. The standard InChI is InChI=1S/C15H20N2O2S/c1-11(12-7-5-4-6-8-12)9-13-16-17-14(19-13)20-10-15(2,3)18/h4-8,11,18H,9-10H2,1-3H3. The van der Waals surface area contributed by atoms with Gasteiger partial charge >= 0.3 is 0 Å². The van der Waals surface area contributed by atoms with E-state index in [1.54, 1.807) is 13.8 Å². The third-order valence-electron chi connectivity index (χ3n) is 2.85. The summed E-state index contributed by atoms with van der Waals surface area (Å²) in [6.07, 6.45) is 0.722. The van der Waals surface area contributed by atoms with Crippen molar-refractivity contribution in [2.45, 2.75) is 43.9 Å². The summed E-state index contributed by atoms with van der Waals surface area (Å²) in [5.41, 5.74) is 0.521. The third kappa shape index (κ3) is 4.65. The second-order valence-corrected chi connectivity index (χ2v) is 6.51. The van der Waals surface area contributed by atoms with Crippen molar-refractivity contribution >= 4 is 11.8 Å². The minimum absolute atomic E-state index is 0.337. The predicted octanol–water partition coefficient (Wildman–Crippen LogP) is 3.28. The van der Waals surface area contributed by atoms with Gasteiger partial charge in [0.2, 0.25) is 5.89 Å². The van der Waals surface area contributed by atoms with Gasteiger partial charge in [0.25, 0.3) is 5.22 Å². The van der Waals surface area contributed by atoms with E-state index in [2.05, 4.69) is 29.3 Å². The summed E-state index contributed by atoms with van der Waals surface area (Å²) in [6, 6.07) is 10.3. The van der Waals surface area contributed by atoms with Crippen LogP contribution in [-0.2, 0) is 6.42 Å². The van der Waals surface area contributed by atoms with E-state index in [1.165, 1.54) is 17.3 Å². The second-order valence-electron chi connectivity index (χ2n) is 5.58. The highest BCUT2D eigenvalue weighted by molar-refractivity contribution is 7.99. The van der Waals surface area contributed by atoms with Crippen molar-refractivity contribution in [2.24, 2.45) is 0 Å². The first-order valence-corrected chi connectivity index (χ1v) is 7.65. The van der Waals surface area contributed by atoms with Gasteiger partial charge in [0, 0.05) is 12.2 Å². The molecule has 1 N–H and O–H groups in total. The largest absolute Gasteiger partial charge is 0.416 e. The summed E-state index contributed by atoms with van der Waals surface area (Å²) in [5.74, 6) is 1.51. The molecule has 20 heavy (non-hydrogen) atoms. The van der Waals surface area contributed by atoms with Gasteiger partial charge in [-0.15, -0.1) is 10.2 Å². The van der Waals surface area contributed by atoms with Crippen LogP contribution in [0.4, 0.5) is 0 Å². The smallest absolute Gasteiger partial charge is 0.276 e. The Morgan fingerprint density at radius 1 is 1.25 bits per heavy atom. The molecule has 0 amide bonds. The van der Waals surface area contributed by atoms with Crippen molar-refractivity contribution in [3.63, 3.8) is 0 Å². The van der Waals surface area contributed by atoms with E-state index in [0.29, 0.717) is 22.8 Å². The SMILES string of the molecule is CC(Cc1nnc(SCC(C)(C)O)o1)c1ccccc1. The van der Waals surface area contributed by atoms with Gasteiger partial charge in [-0.3, -0.25) is 0 Å². The van der Waals surface area contributed by atoms with Crippen LogP contribution in [0.2, 0.25) is 0 Å². The molecule has 4 nitrogen and oxygen atoms in total. The molecule has 0 fully saturated rings. The normalized spacial score (nSPS) is 13.4. The van der Waals surface area contributed by atoms with E-state index in [0.717, 1.165) is 6.42 Å². The molecule has 0 saturated carbocycles. The highest BCUT2D eigenvalue weighted by Crippen LogP contribution is 2.24. The molecular formula is C15H20N2O2S. The van der Waals surface area contributed by atoms with Crippen molar-refractivity contribution in [2.75, 3.05) is 5.75 Å². The number of nitrogens with zero attached hydrogens (tertiary/aromatic N) is 2. The fourth-order valence-electron chi connectivity index (χ4n) is 1.78. The Labute approximate surface area is 123 Å². The molecule has 1 aromatic heterocycles. The first-order chi connectivity index (χ1) is 9.44. The number of aromatic nitrogens is 2. The van der Waals surface area contributed by atoms with Crippen molar-refractivity contribution < 1.29 is 9.52 Å². The van der Waals surface area contributed by atoms with E-state index in [9.17, 15) is 5.11 Å². The molecular weight excluding hydrogens is 272 g/mol. The Balaban J connectivity index is 1.93. The van der Waals surface area contributed by atoms with Gasteiger partial charge in [-0.2, -0.15) is 0 Å².